The Morgan fingerprint density at radius 2 is 2.19 bits per heavy atom. The molecule has 114 valence electrons. The van der Waals surface area contributed by atoms with Gasteiger partial charge in [0.15, 0.2) is 0 Å². The number of benzene rings is 1. The molecule has 0 spiro atoms. The van der Waals surface area contributed by atoms with Gasteiger partial charge >= 0.3 is 0 Å². The number of rotatable bonds is 4. The van der Waals surface area contributed by atoms with E-state index >= 15 is 0 Å². The molecule has 1 heterocycles. The minimum Gasteiger partial charge on any atom is -0.344 e. The molecule has 0 radical (unpaired) electrons. The first kappa shape index (κ1) is 15.8. The molecule has 1 fully saturated rings. The van der Waals surface area contributed by atoms with Gasteiger partial charge in [-0.25, -0.2) is 0 Å². The maximum Gasteiger partial charge on any atom is 0.249 e. The second kappa shape index (κ2) is 6.45. The van der Waals surface area contributed by atoms with Crippen molar-refractivity contribution in [3.05, 3.63) is 29.3 Å². The first-order chi connectivity index (χ1) is 9.90. The van der Waals surface area contributed by atoms with Gasteiger partial charge in [0.25, 0.3) is 0 Å². The van der Waals surface area contributed by atoms with Crippen LogP contribution < -0.4 is 16.0 Å². The molecule has 1 aliphatic rings. The molecule has 2 amide bonds. The average Bonchev–Trinajstić information content (AvgIpc) is 2.79. The van der Waals surface area contributed by atoms with Gasteiger partial charge in [-0.3, -0.25) is 9.59 Å². The summed E-state index contributed by atoms with van der Waals surface area (Å²) in [7, 11) is 0. The predicted octanol–water partition coefficient (Wildman–Crippen LogP) is 1.54. The van der Waals surface area contributed by atoms with Crippen molar-refractivity contribution in [2.45, 2.75) is 32.4 Å². The van der Waals surface area contributed by atoms with E-state index in [-0.39, 0.29) is 23.8 Å². The van der Waals surface area contributed by atoms with E-state index in [1.807, 2.05) is 6.07 Å². The van der Waals surface area contributed by atoms with Crippen molar-refractivity contribution in [2.24, 2.45) is 11.7 Å². The van der Waals surface area contributed by atoms with Crippen LogP contribution in [0.5, 0.6) is 0 Å². The van der Waals surface area contributed by atoms with Gasteiger partial charge < -0.3 is 16.0 Å². The van der Waals surface area contributed by atoms with Crippen LogP contribution in [0.25, 0.3) is 0 Å². The summed E-state index contributed by atoms with van der Waals surface area (Å²) in [5.74, 6) is -0.614. The zero-order valence-corrected chi connectivity index (χ0v) is 12.9. The highest BCUT2D eigenvalue weighted by Crippen LogP contribution is 2.24. The summed E-state index contributed by atoms with van der Waals surface area (Å²) >= 11 is 5.95. The van der Waals surface area contributed by atoms with Crippen LogP contribution in [0.2, 0.25) is 5.02 Å². The number of amides is 2. The maximum atomic E-state index is 12.4. The molecule has 2 rings (SSSR count). The molecule has 0 bridgehead atoms. The maximum absolute atomic E-state index is 12.4. The second-order valence-corrected chi connectivity index (χ2v) is 5.90. The molecule has 21 heavy (non-hydrogen) atoms. The summed E-state index contributed by atoms with van der Waals surface area (Å²) in [6.07, 6.45) is 0.586. The lowest BCUT2D eigenvalue weighted by atomic mass is 10.0. The first-order valence-electron chi connectivity index (χ1n) is 7.03. The average molecular weight is 310 g/mol. The Kier molecular flexibility index (Phi) is 4.85. The molecule has 3 atom stereocenters. The topological polar surface area (TPSA) is 75.4 Å². The van der Waals surface area contributed by atoms with Crippen molar-refractivity contribution in [3.63, 3.8) is 0 Å². The summed E-state index contributed by atoms with van der Waals surface area (Å²) in [5, 5.41) is 3.36. The highest BCUT2D eigenvalue weighted by molar-refractivity contribution is 6.31. The van der Waals surface area contributed by atoms with Gasteiger partial charge in [-0.15, -0.1) is 0 Å². The van der Waals surface area contributed by atoms with Crippen LogP contribution in [0.15, 0.2) is 24.3 Å². The number of hydrogen-bond donors (Lipinski definition) is 2. The summed E-state index contributed by atoms with van der Waals surface area (Å²) < 4.78 is 0. The fourth-order valence-corrected chi connectivity index (χ4v) is 2.44. The SMILES string of the molecule is CC(N)C(C)C(=O)NC1CCN(c2cccc(Cl)c2)C1=O. The lowest BCUT2D eigenvalue weighted by molar-refractivity contribution is -0.129. The number of halogens is 1. The number of nitrogens with zero attached hydrogens (tertiary/aromatic N) is 1. The molecule has 0 saturated carbocycles. The van der Waals surface area contributed by atoms with E-state index in [0.717, 1.165) is 5.69 Å². The van der Waals surface area contributed by atoms with Gasteiger partial charge in [-0.1, -0.05) is 24.6 Å². The van der Waals surface area contributed by atoms with E-state index in [4.69, 9.17) is 17.3 Å². The monoisotopic (exact) mass is 309 g/mol. The minimum atomic E-state index is -0.488. The fraction of sp³-hybridized carbons (Fsp3) is 0.467. The Balaban J connectivity index is 2.03. The fourth-order valence-electron chi connectivity index (χ4n) is 2.26. The van der Waals surface area contributed by atoms with Crippen LogP contribution in [0.4, 0.5) is 5.69 Å². The third-order valence-electron chi connectivity index (χ3n) is 3.84. The zero-order chi connectivity index (χ0) is 15.6. The lowest BCUT2D eigenvalue weighted by Crippen LogP contribution is -2.46. The molecule has 0 aromatic heterocycles. The number of carbonyl (C=O) groups excluding carboxylic acids is 2. The molecule has 1 aromatic carbocycles. The van der Waals surface area contributed by atoms with Gasteiger partial charge in [0.1, 0.15) is 6.04 Å². The van der Waals surface area contributed by atoms with E-state index in [2.05, 4.69) is 5.32 Å². The van der Waals surface area contributed by atoms with E-state index in [1.165, 1.54) is 0 Å². The summed E-state index contributed by atoms with van der Waals surface area (Å²) in [4.78, 5) is 26.0. The largest absolute Gasteiger partial charge is 0.344 e. The van der Waals surface area contributed by atoms with Crippen molar-refractivity contribution in [2.75, 3.05) is 11.4 Å². The van der Waals surface area contributed by atoms with Crippen LogP contribution in [0.1, 0.15) is 20.3 Å². The van der Waals surface area contributed by atoms with Crippen molar-refractivity contribution in [1.29, 1.82) is 0 Å². The normalized spacial score (nSPS) is 21.2. The predicted molar refractivity (Wildman–Crippen MR) is 83.2 cm³/mol. The third kappa shape index (κ3) is 3.54. The standard InChI is InChI=1S/C15H20ClN3O2/c1-9(10(2)17)14(20)18-13-6-7-19(15(13)21)12-5-3-4-11(16)8-12/h3-5,8-10,13H,6-7,17H2,1-2H3,(H,18,20). The van der Waals surface area contributed by atoms with Crippen LogP contribution in [0, 0.1) is 5.92 Å². The number of nitrogens with two attached hydrogens (primary N) is 1. The Morgan fingerprint density at radius 1 is 1.48 bits per heavy atom. The van der Waals surface area contributed by atoms with Crippen LogP contribution >= 0.6 is 11.6 Å². The Labute approximate surface area is 129 Å². The minimum absolute atomic E-state index is 0.109. The van der Waals surface area contributed by atoms with Crippen molar-refractivity contribution >= 4 is 29.1 Å². The van der Waals surface area contributed by atoms with Gasteiger partial charge in [-0.2, -0.15) is 0 Å². The molecule has 1 saturated heterocycles. The molecule has 3 unspecified atom stereocenters. The highest BCUT2D eigenvalue weighted by atomic mass is 35.5. The lowest BCUT2D eigenvalue weighted by Gasteiger charge is -2.20. The number of carbonyl (C=O) groups is 2. The molecule has 6 heteroatoms. The van der Waals surface area contributed by atoms with Crippen LogP contribution in [0.3, 0.4) is 0 Å². The van der Waals surface area contributed by atoms with Gasteiger partial charge in [0.2, 0.25) is 11.8 Å². The zero-order valence-electron chi connectivity index (χ0n) is 12.2. The smallest absolute Gasteiger partial charge is 0.249 e. The second-order valence-electron chi connectivity index (χ2n) is 5.47. The Morgan fingerprint density at radius 3 is 2.81 bits per heavy atom. The number of anilines is 1. The van der Waals surface area contributed by atoms with E-state index < -0.39 is 6.04 Å². The molecule has 1 aliphatic heterocycles. The summed E-state index contributed by atoms with van der Waals surface area (Å²) in [6.45, 7) is 4.10. The van der Waals surface area contributed by atoms with E-state index in [1.54, 1.807) is 36.9 Å². The molecular weight excluding hydrogens is 290 g/mol. The molecular formula is C15H20ClN3O2. The van der Waals surface area contributed by atoms with Gasteiger partial charge in [-0.05, 0) is 31.5 Å². The van der Waals surface area contributed by atoms with Gasteiger partial charge in [0.05, 0.1) is 0 Å². The Bertz CT molecular complexity index is 547. The van der Waals surface area contributed by atoms with Crippen molar-refractivity contribution in [3.8, 4) is 0 Å². The molecule has 0 aliphatic carbocycles. The highest BCUT2D eigenvalue weighted by Gasteiger charge is 2.34. The first-order valence-corrected chi connectivity index (χ1v) is 7.41. The summed E-state index contributed by atoms with van der Waals surface area (Å²) in [6, 6.07) is 6.40. The summed E-state index contributed by atoms with van der Waals surface area (Å²) in [5.41, 5.74) is 6.46. The van der Waals surface area contributed by atoms with Crippen LogP contribution in [-0.4, -0.2) is 30.4 Å². The van der Waals surface area contributed by atoms with Crippen LogP contribution in [-0.2, 0) is 9.59 Å². The number of hydrogen-bond acceptors (Lipinski definition) is 3. The van der Waals surface area contributed by atoms with E-state index in [9.17, 15) is 9.59 Å². The van der Waals surface area contributed by atoms with Crippen molar-refractivity contribution < 1.29 is 9.59 Å². The molecule has 5 nitrogen and oxygen atoms in total. The number of nitrogens with one attached hydrogen (secondary N) is 1. The molecule has 3 N–H and O–H groups in total. The third-order valence-corrected chi connectivity index (χ3v) is 4.08. The molecule has 1 aromatic rings. The Hall–Kier alpha value is -1.59. The van der Waals surface area contributed by atoms with Crippen molar-refractivity contribution in [1.82, 2.24) is 5.32 Å². The van der Waals surface area contributed by atoms with Gasteiger partial charge in [0, 0.05) is 29.2 Å². The van der Waals surface area contributed by atoms with E-state index in [0.29, 0.717) is 18.0 Å². The quantitative estimate of drug-likeness (QED) is 0.886.